The molecule has 122 valence electrons. The number of nitrogens with zero attached hydrogens (tertiary/aromatic N) is 1. The van der Waals surface area contributed by atoms with Gasteiger partial charge in [0.05, 0.1) is 13.5 Å². The maximum Gasteiger partial charge on any atom is 0.307 e. The second-order valence-corrected chi connectivity index (χ2v) is 5.88. The second kappa shape index (κ2) is 9.98. The van der Waals surface area contributed by atoms with Crippen LogP contribution < -0.4 is 0 Å². The molecule has 0 aliphatic heterocycles. The van der Waals surface area contributed by atoms with Crippen LogP contribution >= 0.6 is 0 Å². The molecule has 1 aromatic carbocycles. The Morgan fingerprint density at radius 3 is 2.36 bits per heavy atom. The number of aryl methyl sites for hydroxylation is 1. The van der Waals surface area contributed by atoms with E-state index in [1.807, 2.05) is 30.3 Å². The summed E-state index contributed by atoms with van der Waals surface area (Å²) >= 11 is 0. The molecule has 0 atom stereocenters. The highest BCUT2D eigenvalue weighted by atomic mass is 16.5. The summed E-state index contributed by atoms with van der Waals surface area (Å²) in [5, 5.41) is 0. The Balaban J connectivity index is 2.51. The zero-order chi connectivity index (χ0) is 16.4. The summed E-state index contributed by atoms with van der Waals surface area (Å²) in [4.78, 5) is 25.5. The average Bonchev–Trinajstić information content (AvgIpc) is 2.53. The van der Waals surface area contributed by atoms with Crippen molar-refractivity contribution in [1.82, 2.24) is 4.90 Å². The predicted octanol–water partition coefficient (Wildman–Crippen LogP) is 3.06. The van der Waals surface area contributed by atoms with Crippen molar-refractivity contribution in [1.29, 1.82) is 0 Å². The van der Waals surface area contributed by atoms with Gasteiger partial charge in [-0.1, -0.05) is 44.2 Å². The third-order valence-corrected chi connectivity index (χ3v) is 3.61. The van der Waals surface area contributed by atoms with Crippen LogP contribution in [0.3, 0.4) is 0 Å². The number of carbonyl (C=O) groups is 2. The number of hydrogen-bond acceptors (Lipinski definition) is 3. The van der Waals surface area contributed by atoms with Gasteiger partial charge in [-0.05, 0) is 24.3 Å². The van der Waals surface area contributed by atoms with Crippen LogP contribution in [0.4, 0.5) is 0 Å². The zero-order valence-electron chi connectivity index (χ0n) is 13.9. The fraction of sp³-hybridized carbons (Fsp3) is 0.556. The van der Waals surface area contributed by atoms with Gasteiger partial charge in [0.1, 0.15) is 0 Å². The topological polar surface area (TPSA) is 46.6 Å². The first kappa shape index (κ1) is 18.2. The minimum Gasteiger partial charge on any atom is -0.469 e. The summed E-state index contributed by atoms with van der Waals surface area (Å²) in [6, 6.07) is 9.98. The fourth-order valence-electron chi connectivity index (χ4n) is 2.16. The van der Waals surface area contributed by atoms with E-state index in [1.54, 1.807) is 4.90 Å². The first-order chi connectivity index (χ1) is 10.5. The molecule has 0 bridgehead atoms. The molecule has 0 heterocycles. The lowest BCUT2D eigenvalue weighted by molar-refractivity contribution is -0.141. The molecule has 0 aliphatic rings. The van der Waals surface area contributed by atoms with Crippen LogP contribution in [0.1, 0.15) is 38.7 Å². The molecule has 0 saturated heterocycles. The molecule has 0 aliphatic carbocycles. The van der Waals surface area contributed by atoms with Crippen LogP contribution in [0.25, 0.3) is 0 Å². The molecular weight excluding hydrogens is 278 g/mol. The van der Waals surface area contributed by atoms with E-state index >= 15 is 0 Å². The van der Waals surface area contributed by atoms with Crippen molar-refractivity contribution in [2.24, 2.45) is 5.92 Å². The molecule has 0 aromatic heterocycles. The number of amides is 1. The lowest BCUT2D eigenvalue weighted by atomic mass is 10.1. The minimum atomic E-state index is -0.273. The Labute approximate surface area is 133 Å². The standard InChI is InChI=1S/C18H27NO3/c1-15(2)11-13-19(14-12-18(21)22-3)17(20)10-9-16-7-5-4-6-8-16/h4-8,15H,9-14H2,1-3H3. The van der Waals surface area contributed by atoms with Gasteiger partial charge in [0.2, 0.25) is 5.91 Å². The third-order valence-electron chi connectivity index (χ3n) is 3.61. The molecule has 0 unspecified atom stereocenters. The molecule has 1 amide bonds. The van der Waals surface area contributed by atoms with Gasteiger partial charge in [-0.25, -0.2) is 0 Å². The van der Waals surface area contributed by atoms with E-state index in [0.717, 1.165) is 18.4 Å². The monoisotopic (exact) mass is 305 g/mol. The molecular formula is C18H27NO3. The summed E-state index contributed by atoms with van der Waals surface area (Å²) in [5.41, 5.74) is 1.16. The van der Waals surface area contributed by atoms with Crippen LogP contribution in [0.5, 0.6) is 0 Å². The normalized spacial score (nSPS) is 10.5. The highest BCUT2D eigenvalue weighted by Gasteiger charge is 2.15. The number of methoxy groups -OCH3 is 1. The minimum absolute atomic E-state index is 0.105. The second-order valence-electron chi connectivity index (χ2n) is 5.88. The van der Waals surface area contributed by atoms with Crippen molar-refractivity contribution in [2.45, 2.75) is 39.5 Å². The number of carbonyl (C=O) groups excluding carboxylic acids is 2. The van der Waals surface area contributed by atoms with Crippen molar-refractivity contribution in [3.8, 4) is 0 Å². The molecule has 22 heavy (non-hydrogen) atoms. The Kier molecular flexibility index (Phi) is 8.26. The molecule has 4 heteroatoms. The van der Waals surface area contributed by atoms with E-state index in [-0.39, 0.29) is 18.3 Å². The molecule has 0 saturated carbocycles. The van der Waals surface area contributed by atoms with Gasteiger partial charge in [0.25, 0.3) is 0 Å². The number of rotatable bonds is 9. The van der Waals surface area contributed by atoms with E-state index in [9.17, 15) is 9.59 Å². The van der Waals surface area contributed by atoms with Gasteiger partial charge in [-0.2, -0.15) is 0 Å². The van der Waals surface area contributed by atoms with E-state index in [2.05, 4.69) is 18.6 Å². The molecule has 0 fully saturated rings. The molecule has 0 spiro atoms. The first-order valence-electron chi connectivity index (χ1n) is 7.91. The maximum atomic E-state index is 12.4. The van der Waals surface area contributed by atoms with E-state index in [0.29, 0.717) is 25.4 Å². The fourth-order valence-corrected chi connectivity index (χ4v) is 2.16. The summed E-state index contributed by atoms with van der Waals surface area (Å²) < 4.78 is 4.66. The van der Waals surface area contributed by atoms with Gasteiger partial charge in [0, 0.05) is 19.5 Å². The van der Waals surface area contributed by atoms with E-state index < -0.39 is 0 Å². The van der Waals surface area contributed by atoms with Crippen LogP contribution in [-0.2, 0) is 20.7 Å². The summed E-state index contributed by atoms with van der Waals surface area (Å²) in [7, 11) is 1.37. The lowest BCUT2D eigenvalue weighted by Crippen LogP contribution is -2.34. The number of esters is 1. The predicted molar refractivity (Wildman–Crippen MR) is 87.4 cm³/mol. The van der Waals surface area contributed by atoms with Crippen molar-refractivity contribution >= 4 is 11.9 Å². The van der Waals surface area contributed by atoms with Gasteiger partial charge >= 0.3 is 5.97 Å². The molecule has 0 radical (unpaired) electrons. The lowest BCUT2D eigenvalue weighted by Gasteiger charge is -2.23. The number of benzene rings is 1. The molecule has 0 N–H and O–H groups in total. The first-order valence-corrected chi connectivity index (χ1v) is 7.91. The number of ether oxygens (including phenoxy) is 1. The highest BCUT2D eigenvalue weighted by Crippen LogP contribution is 2.08. The van der Waals surface area contributed by atoms with Crippen molar-refractivity contribution in [3.05, 3.63) is 35.9 Å². The maximum absolute atomic E-state index is 12.4. The SMILES string of the molecule is COC(=O)CCN(CCC(C)C)C(=O)CCc1ccccc1. The largest absolute Gasteiger partial charge is 0.469 e. The Morgan fingerprint density at radius 2 is 1.77 bits per heavy atom. The van der Waals surface area contributed by atoms with Crippen LogP contribution in [-0.4, -0.2) is 37.0 Å². The highest BCUT2D eigenvalue weighted by molar-refractivity contribution is 5.77. The van der Waals surface area contributed by atoms with Crippen LogP contribution in [0, 0.1) is 5.92 Å². The van der Waals surface area contributed by atoms with Crippen LogP contribution in [0.15, 0.2) is 30.3 Å². The van der Waals surface area contributed by atoms with Gasteiger partial charge < -0.3 is 9.64 Å². The van der Waals surface area contributed by atoms with Crippen molar-refractivity contribution in [2.75, 3.05) is 20.2 Å². The van der Waals surface area contributed by atoms with Gasteiger partial charge in [-0.3, -0.25) is 9.59 Å². The van der Waals surface area contributed by atoms with E-state index in [1.165, 1.54) is 7.11 Å². The Hall–Kier alpha value is -1.84. The third kappa shape index (κ3) is 7.25. The summed E-state index contributed by atoms with van der Waals surface area (Å²) in [5.74, 6) is 0.362. The molecule has 4 nitrogen and oxygen atoms in total. The quantitative estimate of drug-likeness (QED) is 0.659. The Morgan fingerprint density at radius 1 is 1.09 bits per heavy atom. The summed E-state index contributed by atoms with van der Waals surface area (Å²) in [6.45, 7) is 5.40. The van der Waals surface area contributed by atoms with Crippen molar-refractivity contribution < 1.29 is 14.3 Å². The zero-order valence-corrected chi connectivity index (χ0v) is 13.9. The molecule has 1 aromatic rings. The van der Waals surface area contributed by atoms with Gasteiger partial charge in [-0.15, -0.1) is 0 Å². The van der Waals surface area contributed by atoms with Crippen molar-refractivity contribution in [3.63, 3.8) is 0 Å². The Bertz CT molecular complexity index is 457. The van der Waals surface area contributed by atoms with Crippen LogP contribution in [0.2, 0.25) is 0 Å². The number of hydrogen-bond donors (Lipinski definition) is 0. The molecule has 1 rings (SSSR count). The summed E-state index contributed by atoms with van der Waals surface area (Å²) in [6.07, 6.45) is 2.41. The smallest absolute Gasteiger partial charge is 0.307 e. The van der Waals surface area contributed by atoms with E-state index in [4.69, 9.17) is 0 Å². The van der Waals surface area contributed by atoms with Gasteiger partial charge in [0.15, 0.2) is 0 Å². The average molecular weight is 305 g/mol.